The second kappa shape index (κ2) is 11.5. The predicted octanol–water partition coefficient (Wildman–Crippen LogP) is 4.99. The molecule has 0 bridgehead atoms. The Morgan fingerprint density at radius 3 is 2.56 bits per heavy atom. The Balaban J connectivity index is 1.73. The van der Waals surface area contributed by atoms with Crippen molar-refractivity contribution in [3.05, 3.63) is 88.7 Å². The summed E-state index contributed by atoms with van der Waals surface area (Å²) in [5.74, 6) is -0.950. The van der Waals surface area contributed by atoms with Gasteiger partial charge in [-0.15, -0.1) is 0 Å². The van der Waals surface area contributed by atoms with Crippen LogP contribution in [-0.2, 0) is 14.6 Å². The minimum atomic E-state index is -4.14. The Morgan fingerprint density at radius 1 is 1.11 bits per heavy atom. The molecule has 36 heavy (non-hydrogen) atoms. The van der Waals surface area contributed by atoms with E-state index in [1.807, 2.05) is 6.92 Å². The first-order chi connectivity index (χ1) is 17.3. The lowest BCUT2D eigenvalue weighted by atomic mass is 10.00. The number of anilines is 1. The number of morpholine rings is 1. The van der Waals surface area contributed by atoms with E-state index in [0.29, 0.717) is 36.7 Å². The first-order valence-corrected chi connectivity index (χ1v) is 13.5. The zero-order valence-corrected chi connectivity index (χ0v) is 21.3. The first-order valence-electron chi connectivity index (χ1n) is 12.0. The fourth-order valence-corrected chi connectivity index (χ4v) is 6.21. The van der Waals surface area contributed by atoms with Gasteiger partial charge in [-0.2, -0.15) is 0 Å². The van der Waals surface area contributed by atoms with Crippen LogP contribution in [0.5, 0.6) is 0 Å². The number of benzene rings is 1. The molecule has 1 aromatic carbocycles. The van der Waals surface area contributed by atoms with E-state index in [1.165, 1.54) is 24.3 Å². The molecule has 0 saturated carbocycles. The predicted molar refractivity (Wildman–Crippen MR) is 137 cm³/mol. The fourth-order valence-electron chi connectivity index (χ4n) is 4.32. The van der Waals surface area contributed by atoms with Crippen LogP contribution in [0.2, 0.25) is 0 Å². The van der Waals surface area contributed by atoms with Crippen LogP contribution < -0.4 is 5.32 Å². The first kappa shape index (κ1) is 26.2. The van der Waals surface area contributed by atoms with Gasteiger partial charge in [0.1, 0.15) is 22.7 Å². The Hall–Kier alpha value is -2.88. The Labute approximate surface area is 211 Å². The average Bonchev–Trinajstić information content (AvgIpc) is 3.02. The number of allylic oxidation sites excluding steroid dienone is 5. The van der Waals surface area contributed by atoms with Crippen molar-refractivity contribution in [2.24, 2.45) is 0 Å². The summed E-state index contributed by atoms with van der Waals surface area (Å²) in [6, 6.07) is 8.01. The third kappa shape index (κ3) is 6.08. The molecule has 1 aliphatic carbocycles. The maximum absolute atomic E-state index is 15.2. The summed E-state index contributed by atoms with van der Waals surface area (Å²) in [5.41, 5.74) is 1.59. The number of nitrogens with one attached hydrogen (secondary N) is 1. The maximum Gasteiger partial charge on any atom is 0.189 e. The molecule has 4 rings (SSSR count). The highest BCUT2D eigenvalue weighted by molar-refractivity contribution is 7.92. The lowest BCUT2D eigenvalue weighted by molar-refractivity contribution is 0.0398. The van der Waals surface area contributed by atoms with Crippen molar-refractivity contribution in [3.63, 3.8) is 0 Å². The van der Waals surface area contributed by atoms with Gasteiger partial charge < -0.3 is 10.1 Å². The monoisotopic (exact) mass is 515 g/mol. The molecule has 2 heterocycles. The van der Waals surface area contributed by atoms with Crippen molar-refractivity contribution in [1.29, 1.82) is 0 Å². The van der Waals surface area contributed by atoms with E-state index in [0.717, 1.165) is 31.3 Å². The number of aryl methyl sites for hydroxylation is 2. The van der Waals surface area contributed by atoms with E-state index in [1.54, 1.807) is 31.3 Å². The number of hydrogen-bond donors (Lipinski definition) is 1. The summed E-state index contributed by atoms with van der Waals surface area (Å²) in [6.07, 6.45) is 5.02. The van der Waals surface area contributed by atoms with E-state index in [9.17, 15) is 12.8 Å². The fraction of sp³-hybridized carbons (Fsp3) is 0.370. The van der Waals surface area contributed by atoms with Gasteiger partial charge in [0.05, 0.1) is 18.1 Å². The lowest BCUT2D eigenvalue weighted by Gasteiger charge is -2.26. The molecule has 1 saturated heterocycles. The summed E-state index contributed by atoms with van der Waals surface area (Å²) in [7, 11) is -4.14. The zero-order valence-electron chi connectivity index (χ0n) is 20.5. The molecule has 0 amide bonds. The summed E-state index contributed by atoms with van der Waals surface area (Å²) in [6.45, 7) is 8.05. The summed E-state index contributed by atoms with van der Waals surface area (Å²) < 4.78 is 63.0. The van der Waals surface area contributed by atoms with Crippen LogP contribution in [0.3, 0.4) is 0 Å². The zero-order chi connectivity index (χ0) is 25.7. The molecule has 1 atom stereocenters. The smallest absolute Gasteiger partial charge is 0.189 e. The van der Waals surface area contributed by atoms with E-state index in [4.69, 9.17) is 4.74 Å². The molecule has 0 radical (unpaired) electrons. The van der Waals surface area contributed by atoms with Gasteiger partial charge >= 0.3 is 0 Å². The van der Waals surface area contributed by atoms with Gasteiger partial charge in [-0.1, -0.05) is 17.7 Å². The maximum atomic E-state index is 15.2. The normalized spacial score (nSPS) is 18.1. The quantitative estimate of drug-likeness (QED) is 0.534. The van der Waals surface area contributed by atoms with Gasteiger partial charge in [-0.3, -0.25) is 4.90 Å². The van der Waals surface area contributed by atoms with Crippen LogP contribution in [0.4, 0.5) is 14.6 Å². The molecule has 6 nitrogen and oxygen atoms in total. The van der Waals surface area contributed by atoms with Crippen LogP contribution in [0.25, 0.3) is 0 Å². The van der Waals surface area contributed by atoms with Crippen molar-refractivity contribution < 1.29 is 21.9 Å². The van der Waals surface area contributed by atoms with E-state index in [-0.39, 0.29) is 16.9 Å². The molecule has 0 spiro atoms. The Morgan fingerprint density at radius 2 is 1.83 bits per heavy atom. The number of pyridine rings is 1. The van der Waals surface area contributed by atoms with Gasteiger partial charge in [-0.05, 0) is 67.8 Å². The molecular formula is C27H31F2N3O3S. The van der Waals surface area contributed by atoms with E-state index in [2.05, 4.69) is 15.2 Å². The van der Waals surface area contributed by atoms with Crippen molar-refractivity contribution in [1.82, 2.24) is 9.88 Å². The molecule has 2 aromatic rings. The Bertz CT molecular complexity index is 1280. The second-order valence-electron chi connectivity index (χ2n) is 9.02. The number of aromatic nitrogens is 1. The number of rotatable bonds is 8. The standard InChI is InChI=1S/C27H31F2N3O3S/c1-19-6-8-22(9-7-19)36(33,34)27(24-16-21(28)4-3-5-25(24)29)23-17-26(31-18-20(23)2)30-10-11-32-12-14-35-15-13-32/h4-9,16-18,27H,3,10-15H2,1-2H3,(H,30,31). The minimum Gasteiger partial charge on any atom is -0.379 e. The number of hydrogen-bond acceptors (Lipinski definition) is 6. The molecule has 1 N–H and O–H groups in total. The van der Waals surface area contributed by atoms with E-state index < -0.39 is 26.7 Å². The highest BCUT2D eigenvalue weighted by Gasteiger charge is 2.36. The molecule has 2 aliphatic rings. The second-order valence-corrected chi connectivity index (χ2v) is 11.1. The molecule has 1 unspecified atom stereocenters. The number of ether oxygens (including phenoxy) is 1. The molecular weight excluding hydrogens is 484 g/mol. The van der Waals surface area contributed by atoms with Gasteiger partial charge in [0.2, 0.25) is 0 Å². The van der Waals surface area contributed by atoms with Crippen LogP contribution in [0.1, 0.15) is 28.4 Å². The highest BCUT2D eigenvalue weighted by Crippen LogP contribution is 2.42. The summed E-state index contributed by atoms with van der Waals surface area (Å²) >= 11 is 0. The van der Waals surface area contributed by atoms with Gasteiger partial charge in [0.15, 0.2) is 9.84 Å². The molecule has 1 aliphatic heterocycles. The third-order valence-corrected chi connectivity index (χ3v) is 8.44. The highest BCUT2D eigenvalue weighted by atomic mass is 32.2. The Kier molecular flexibility index (Phi) is 8.33. The van der Waals surface area contributed by atoms with Crippen molar-refractivity contribution in [2.45, 2.75) is 30.4 Å². The number of nitrogens with zero attached hydrogens (tertiary/aromatic N) is 2. The van der Waals surface area contributed by atoms with Gasteiger partial charge in [-0.25, -0.2) is 22.2 Å². The lowest BCUT2D eigenvalue weighted by Crippen LogP contribution is -2.39. The van der Waals surface area contributed by atoms with Crippen molar-refractivity contribution in [3.8, 4) is 0 Å². The average molecular weight is 516 g/mol. The van der Waals surface area contributed by atoms with Crippen molar-refractivity contribution in [2.75, 3.05) is 44.7 Å². The number of sulfone groups is 1. The van der Waals surface area contributed by atoms with Crippen LogP contribution in [-0.4, -0.2) is 57.7 Å². The molecule has 192 valence electrons. The molecule has 1 fully saturated rings. The number of halogens is 2. The van der Waals surface area contributed by atoms with Crippen LogP contribution in [0, 0.1) is 13.8 Å². The molecule has 1 aromatic heterocycles. The summed E-state index contributed by atoms with van der Waals surface area (Å²) in [5, 5.41) is 1.80. The topological polar surface area (TPSA) is 71.5 Å². The van der Waals surface area contributed by atoms with Gasteiger partial charge in [0, 0.05) is 37.9 Å². The van der Waals surface area contributed by atoms with Crippen LogP contribution >= 0.6 is 0 Å². The van der Waals surface area contributed by atoms with Crippen LogP contribution in [0.15, 0.2) is 76.9 Å². The largest absolute Gasteiger partial charge is 0.379 e. The van der Waals surface area contributed by atoms with Gasteiger partial charge in [0.25, 0.3) is 0 Å². The molecule has 9 heteroatoms. The van der Waals surface area contributed by atoms with E-state index >= 15 is 4.39 Å². The SMILES string of the molecule is Cc1ccc(S(=O)(=O)C(C2=CC(F)=CCC=C2F)c2cc(NCCN3CCOCC3)ncc2C)cc1. The minimum absolute atomic E-state index is 0.0403. The third-order valence-electron chi connectivity index (χ3n) is 6.39. The summed E-state index contributed by atoms with van der Waals surface area (Å²) in [4.78, 5) is 6.71. The van der Waals surface area contributed by atoms with Crippen molar-refractivity contribution >= 4 is 15.7 Å².